The molecular formula is C13H20ClNO. The maximum Gasteiger partial charge on any atom is 0.105 e. The van der Waals surface area contributed by atoms with Crippen LogP contribution in [-0.2, 0) is 19.7 Å². The van der Waals surface area contributed by atoms with Crippen molar-refractivity contribution in [2.24, 2.45) is 0 Å². The average Bonchev–Trinajstić information content (AvgIpc) is 2.68. The topological polar surface area (TPSA) is 20.2 Å². The first kappa shape index (κ1) is 13.5. The number of fused-ring (bicyclic) bond motifs is 1. The van der Waals surface area contributed by atoms with E-state index in [1.807, 2.05) is 6.07 Å². The molecule has 2 rings (SSSR count). The second-order valence-corrected chi connectivity index (χ2v) is 4.50. The van der Waals surface area contributed by atoms with E-state index >= 15 is 0 Å². The van der Waals surface area contributed by atoms with Crippen molar-refractivity contribution >= 4 is 0 Å². The summed E-state index contributed by atoms with van der Waals surface area (Å²) in [6.07, 6.45) is 0. The molecule has 0 saturated carbocycles. The maximum atomic E-state index is 9.31. The third kappa shape index (κ3) is 2.10. The summed E-state index contributed by atoms with van der Waals surface area (Å²) < 4.78 is 1.15. The zero-order valence-electron chi connectivity index (χ0n) is 10.0. The van der Waals surface area contributed by atoms with Gasteiger partial charge in [-0.3, -0.25) is 0 Å². The molecule has 2 nitrogen and oxygen atoms in total. The van der Waals surface area contributed by atoms with Gasteiger partial charge in [0.15, 0.2) is 0 Å². The van der Waals surface area contributed by atoms with Crippen molar-refractivity contribution in [2.45, 2.75) is 33.5 Å². The molecule has 0 aliphatic carbocycles. The van der Waals surface area contributed by atoms with Crippen LogP contribution in [0, 0.1) is 0 Å². The SMILES string of the molecule is CC[N+]1(CC)Cc2cccc(CO)c2C1.[Cl-]. The Kier molecular flexibility index (Phi) is 4.36. The maximum absolute atomic E-state index is 9.31. The molecule has 0 unspecified atom stereocenters. The molecule has 3 heteroatoms. The molecule has 1 aliphatic rings. The van der Waals surface area contributed by atoms with Crippen LogP contribution in [0.4, 0.5) is 0 Å². The molecule has 1 aromatic carbocycles. The van der Waals surface area contributed by atoms with Crippen LogP contribution in [0.15, 0.2) is 18.2 Å². The number of nitrogens with zero attached hydrogens (tertiary/aromatic N) is 1. The van der Waals surface area contributed by atoms with Gasteiger partial charge in [-0.25, -0.2) is 0 Å². The first-order valence-electron chi connectivity index (χ1n) is 5.80. The van der Waals surface area contributed by atoms with Gasteiger partial charge in [-0.15, -0.1) is 0 Å². The average molecular weight is 242 g/mol. The highest BCUT2D eigenvalue weighted by molar-refractivity contribution is 5.35. The lowest BCUT2D eigenvalue weighted by molar-refractivity contribution is -0.944. The van der Waals surface area contributed by atoms with Crippen molar-refractivity contribution in [3.8, 4) is 0 Å². The first-order chi connectivity index (χ1) is 7.24. The van der Waals surface area contributed by atoms with Gasteiger partial charge >= 0.3 is 0 Å². The standard InChI is InChI=1S/C13H20NO.ClH/c1-3-14(4-2)8-11-6-5-7-12(10-15)13(11)9-14;/h5-7,15H,3-4,8-10H2,1-2H3;1H/q+1;/p-1. The summed E-state index contributed by atoms with van der Waals surface area (Å²) in [6, 6.07) is 6.32. The van der Waals surface area contributed by atoms with E-state index in [9.17, 15) is 5.11 Å². The normalized spacial score (nSPS) is 16.7. The Morgan fingerprint density at radius 2 is 1.88 bits per heavy atom. The van der Waals surface area contributed by atoms with Crippen molar-refractivity contribution < 1.29 is 22.0 Å². The number of benzene rings is 1. The van der Waals surface area contributed by atoms with Gasteiger partial charge in [0.2, 0.25) is 0 Å². The van der Waals surface area contributed by atoms with Crippen LogP contribution >= 0.6 is 0 Å². The van der Waals surface area contributed by atoms with E-state index in [0.29, 0.717) is 0 Å². The van der Waals surface area contributed by atoms with Gasteiger partial charge in [0, 0.05) is 11.1 Å². The Balaban J connectivity index is 0.00000128. The Morgan fingerprint density at radius 1 is 1.19 bits per heavy atom. The quantitative estimate of drug-likeness (QED) is 0.677. The van der Waals surface area contributed by atoms with Crippen molar-refractivity contribution in [1.29, 1.82) is 0 Å². The van der Waals surface area contributed by atoms with E-state index in [4.69, 9.17) is 0 Å². The van der Waals surface area contributed by atoms with Gasteiger partial charge in [-0.2, -0.15) is 0 Å². The lowest BCUT2D eigenvalue weighted by Gasteiger charge is -2.31. The highest BCUT2D eigenvalue weighted by Crippen LogP contribution is 2.31. The van der Waals surface area contributed by atoms with Crippen LogP contribution in [-0.4, -0.2) is 22.7 Å². The smallest absolute Gasteiger partial charge is 0.105 e. The largest absolute Gasteiger partial charge is 1.00 e. The van der Waals surface area contributed by atoms with Gasteiger partial charge in [-0.1, -0.05) is 18.2 Å². The minimum absolute atomic E-state index is 0. The van der Waals surface area contributed by atoms with Gasteiger partial charge in [0.25, 0.3) is 0 Å². The summed E-state index contributed by atoms with van der Waals surface area (Å²) in [5.41, 5.74) is 3.95. The van der Waals surface area contributed by atoms with Crippen LogP contribution in [0.5, 0.6) is 0 Å². The predicted octanol–water partition coefficient (Wildman–Crippen LogP) is -0.947. The molecule has 0 bridgehead atoms. The summed E-state index contributed by atoms with van der Waals surface area (Å²) in [4.78, 5) is 0. The number of halogens is 1. The minimum Gasteiger partial charge on any atom is -1.00 e. The number of rotatable bonds is 3. The molecule has 0 spiro atoms. The molecule has 16 heavy (non-hydrogen) atoms. The number of aliphatic hydroxyl groups is 1. The third-order valence-corrected chi connectivity index (χ3v) is 3.88. The third-order valence-electron chi connectivity index (χ3n) is 3.88. The van der Waals surface area contributed by atoms with Crippen molar-refractivity contribution in [3.05, 3.63) is 34.9 Å². The second kappa shape index (κ2) is 5.17. The molecule has 0 fully saturated rings. The van der Waals surface area contributed by atoms with E-state index in [2.05, 4.69) is 26.0 Å². The van der Waals surface area contributed by atoms with Gasteiger partial charge in [-0.05, 0) is 19.4 Å². The van der Waals surface area contributed by atoms with E-state index < -0.39 is 0 Å². The van der Waals surface area contributed by atoms with E-state index in [1.54, 1.807) is 0 Å². The van der Waals surface area contributed by atoms with Gasteiger partial charge in [0.1, 0.15) is 13.1 Å². The van der Waals surface area contributed by atoms with Crippen molar-refractivity contribution in [3.63, 3.8) is 0 Å². The zero-order valence-corrected chi connectivity index (χ0v) is 10.8. The number of quaternary nitrogens is 1. The lowest BCUT2D eigenvalue weighted by atomic mass is 10.0. The highest BCUT2D eigenvalue weighted by atomic mass is 35.5. The summed E-state index contributed by atoms with van der Waals surface area (Å²) in [7, 11) is 0. The van der Waals surface area contributed by atoms with Gasteiger partial charge in [0.05, 0.1) is 19.7 Å². The summed E-state index contributed by atoms with van der Waals surface area (Å²) in [5.74, 6) is 0. The van der Waals surface area contributed by atoms with Crippen LogP contribution in [0.25, 0.3) is 0 Å². The molecule has 1 heterocycles. The van der Waals surface area contributed by atoms with E-state index in [0.717, 1.165) is 23.1 Å². The summed E-state index contributed by atoms with van der Waals surface area (Å²) in [6.45, 7) is 9.28. The fraction of sp³-hybridized carbons (Fsp3) is 0.538. The molecule has 0 saturated heterocycles. The number of aliphatic hydroxyl groups excluding tert-OH is 1. The van der Waals surface area contributed by atoms with Crippen LogP contribution in [0.1, 0.15) is 30.5 Å². The fourth-order valence-corrected chi connectivity index (χ4v) is 2.61. The molecular weight excluding hydrogens is 222 g/mol. The molecule has 1 aromatic rings. The van der Waals surface area contributed by atoms with Crippen molar-refractivity contribution in [1.82, 2.24) is 0 Å². The minimum atomic E-state index is 0. The Morgan fingerprint density at radius 3 is 2.44 bits per heavy atom. The van der Waals surface area contributed by atoms with Crippen LogP contribution < -0.4 is 12.4 Å². The lowest BCUT2D eigenvalue weighted by Crippen LogP contribution is -3.00. The number of hydrogen-bond donors (Lipinski definition) is 1. The molecule has 1 N–H and O–H groups in total. The monoisotopic (exact) mass is 241 g/mol. The summed E-state index contributed by atoms with van der Waals surface area (Å²) >= 11 is 0. The van der Waals surface area contributed by atoms with Crippen LogP contribution in [0.2, 0.25) is 0 Å². The zero-order chi connectivity index (χ0) is 10.9. The van der Waals surface area contributed by atoms with Gasteiger partial charge < -0.3 is 22.0 Å². The molecule has 0 aromatic heterocycles. The summed E-state index contributed by atoms with van der Waals surface area (Å²) in [5, 5.41) is 9.31. The Labute approximate surface area is 104 Å². The number of hydrogen-bond acceptors (Lipinski definition) is 1. The highest BCUT2D eigenvalue weighted by Gasteiger charge is 2.33. The molecule has 0 radical (unpaired) electrons. The van der Waals surface area contributed by atoms with E-state index in [1.165, 1.54) is 24.2 Å². The van der Waals surface area contributed by atoms with E-state index in [-0.39, 0.29) is 19.0 Å². The second-order valence-electron chi connectivity index (χ2n) is 4.50. The fourth-order valence-electron chi connectivity index (χ4n) is 2.61. The van der Waals surface area contributed by atoms with Crippen molar-refractivity contribution in [2.75, 3.05) is 13.1 Å². The Bertz CT molecular complexity index is 361. The molecule has 90 valence electrons. The first-order valence-corrected chi connectivity index (χ1v) is 5.80. The molecule has 1 aliphatic heterocycles. The predicted molar refractivity (Wildman–Crippen MR) is 61.1 cm³/mol. The molecule has 0 atom stereocenters. The molecule has 0 amide bonds. The Hall–Kier alpha value is -0.570. The van der Waals surface area contributed by atoms with Crippen LogP contribution in [0.3, 0.4) is 0 Å².